The minimum Gasteiger partial charge on any atom is -0.465 e. The lowest BCUT2D eigenvalue weighted by atomic mass is 9.93. The fraction of sp³-hybridized carbons (Fsp3) is 0.296. The first-order chi connectivity index (χ1) is 18.5. The lowest BCUT2D eigenvalue weighted by Crippen LogP contribution is -2.41. The molecule has 0 spiro atoms. The van der Waals surface area contributed by atoms with E-state index in [9.17, 15) is 18.4 Å². The summed E-state index contributed by atoms with van der Waals surface area (Å²) >= 11 is 0. The summed E-state index contributed by atoms with van der Waals surface area (Å²) in [6.45, 7) is 2.17. The van der Waals surface area contributed by atoms with Gasteiger partial charge in [-0.2, -0.15) is 8.78 Å². The molecule has 12 heteroatoms. The molecule has 2 bridgehead atoms. The monoisotopic (exact) mass is 534 g/mol. The predicted octanol–water partition coefficient (Wildman–Crippen LogP) is 4.55. The Balaban J connectivity index is 1.47. The molecule has 2 aromatic heterocycles. The van der Waals surface area contributed by atoms with Gasteiger partial charge in [-0.1, -0.05) is 12.1 Å². The van der Waals surface area contributed by atoms with Gasteiger partial charge in [-0.25, -0.2) is 19.7 Å². The van der Waals surface area contributed by atoms with E-state index in [0.717, 1.165) is 11.1 Å². The van der Waals surface area contributed by atoms with Crippen LogP contribution in [0.25, 0.3) is 22.2 Å². The Morgan fingerprint density at radius 2 is 1.97 bits per heavy atom. The van der Waals surface area contributed by atoms with Gasteiger partial charge in [-0.15, -0.1) is 0 Å². The van der Waals surface area contributed by atoms with E-state index in [-0.39, 0.29) is 17.2 Å². The molecule has 0 aliphatic carbocycles. The van der Waals surface area contributed by atoms with Crippen LogP contribution in [0.1, 0.15) is 60.8 Å². The van der Waals surface area contributed by atoms with Gasteiger partial charge in [0.15, 0.2) is 5.82 Å². The van der Waals surface area contributed by atoms with Crippen LogP contribution in [0.2, 0.25) is 0 Å². The van der Waals surface area contributed by atoms with Crippen molar-refractivity contribution >= 4 is 23.0 Å². The molecule has 0 saturated heterocycles. The quantitative estimate of drug-likeness (QED) is 0.342. The smallest absolute Gasteiger partial charge is 0.405 e. The first-order valence-corrected chi connectivity index (χ1v) is 12.2. The van der Waals surface area contributed by atoms with E-state index in [1.54, 1.807) is 32.3 Å². The predicted molar refractivity (Wildman–Crippen MR) is 136 cm³/mol. The second-order valence-electron chi connectivity index (χ2n) is 10.5. The molecule has 0 radical (unpaired) electrons. The van der Waals surface area contributed by atoms with E-state index in [1.807, 2.05) is 29.7 Å². The Labute approximate surface area is 221 Å². The minimum atomic E-state index is -3.04. The summed E-state index contributed by atoms with van der Waals surface area (Å²) in [7, 11) is 0. The number of carbonyl (C=O) groups is 2. The Kier molecular flexibility index (Phi) is 5.35. The van der Waals surface area contributed by atoms with Crippen LogP contribution in [-0.2, 0) is 11.1 Å². The average Bonchev–Trinajstić information content (AvgIpc) is 3.34. The third kappa shape index (κ3) is 3.94. The molecule has 39 heavy (non-hydrogen) atoms. The number of hydrogen-bond acceptors (Lipinski definition) is 6. The van der Waals surface area contributed by atoms with Crippen LogP contribution in [-0.4, -0.2) is 43.2 Å². The number of carboxylic acid groups (broad SMARTS) is 1. The second-order valence-corrected chi connectivity index (χ2v) is 10.5. The van der Waals surface area contributed by atoms with Gasteiger partial charge in [0.1, 0.15) is 11.6 Å². The molecule has 10 nitrogen and oxygen atoms in total. The van der Waals surface area contributed by atoms with Gasteiger partial charge in [0, 0.05) is 35.5 Å². The third-order valence-corrected chi connectivity index (χ3v) is 7.31. The molecular weight excluding hydrogens is 510 g/mol. The molecule has 0 unspecified atom stereocenters. The lowest BCUT2D eigenvalue weighted by Gasteiger charge is -2.23. The number of imidazole rings is 1. The number of alkyl halides is 2. The first kappa shape index (κ1) is 24.7. The zero-order valence-electron chi connectivity index (χ0n) is 21.2. The van der Waals surface area contributed by atoms with Crippen molar-refractivity contribution in [3.05, 3.63) is 71.6 Å². The molecular formula is C27H24F2N6O4. The van der Waals surface area contributed by atoms with Crippen molar-refractivity contribution < 1.29 is 28.2 Å². The average molecular weight is 535 g/mol. The Morgan fingerprint density at radius 3 is 2.67 bits per heavy atom. The maximum Gasteiger partial charge on any atom is 0.405 e. The Bertz CT molecular complexity index is 1650. The second kappa shape index (κ2) is 8.45. The highest BCUT2D eigenvalue weighted by atomic mass is 19.3. The van der Waals surface area contributed by atoms with Gasteiger partial charge in [-0.3, -0.25) is 4.79 Å². The Hall–Kier alpha value is -4.61. The SMILES string of the molecule is CC(C)(NC(=O)O)c1ncc(-c2ccc3nc4n(c3c2)[C@@H]2C[C@@]4(C)NC(=O)c3cccc(OC(F)F)c32)cn1. The molecule has 6 rings (SSSR count). The summed E-state index contributed by atoms with van der Waals surface area (Å²) in [5.74, 6) is 0.529. The van der Waals surface area contributed by atoms with Crippen molar-refractivity contribution in [3.8, 4) is 16.9 Å². The van der Waals surface area contributed by atoms with Crippen molar-refractivity contribution in [1.29, 1.82) is 0 Å². The van der Waals surface area contributed by atoms with E-state index >= 15 is 0 Å². The highest BCUT2D eigenvalue weighted by Gasteiger charge is 2.49. The number of nitrogens with one attached hydrogen (secondary N) is 2. The molecule has 4 heterocycles. The van der Waals surface area contributed by atoms with Crippen molar-refractivity contribution in [2.24, 2.45) is 0 Å². The van der Waals surface area contributed by atoms with E-state index in [0.29, 0.717) is 34.7 Å². The van der Waals surface area contributed by atoms with E-state index in [4.69, 9.17) is 14.8 Å². The number of hydrogen-bond donors (Lipinski definition) is 3. The number of ether oxygens (including phenoxy) is 1. The maximum absolute atomic E-state index is 13.3. The summed E-state index contributed by atoms with van der Waals surface area (Å²) in [6.07, 6.45) is 2.47. The minimum absolute atomic E-state index is 0.0423. The maximum atomic E-state index is 13.3. The normalized spacial score (nSPS) is 19.8. The summed E-state index contributed by atoms with van der Waals surface area (Å²) in [5.41, 5.74) is 1.78. The standard InChI is InChI=1S/C27H24F2N6O4/c1-26(2,34-25(37)38)22-30-11-14(12-31-22)13-7-8-16-17(9-13)35-18-10-27(3,23(35)32-16)33-21(36)15-5-4-6-19(20(15)18)39-24(28)29/h4-9,11-12,18,24,34H,10H2,1-3H3,(H,33,36)(H,37,38)/t18-,27-/m1/s1. The summed E-state index contributed by atoms with van der Waals surface area (Å²) in [5, 5.41) is 14.5. The molecule has 2 atom stereocenters. The van der Waals surface area contributed by atoms with Crippen LogP contribution in [0.5, 0.6) is 5.75 Å². The lowest BCUT2D eigenvalue weighted by molar-refractivity contribution is -0.0507. The summed E-state index contributed by atoms with van der Waals surface area (Å²) in [6, 6.07) is 9.74. The van der Waals surface area contributed by atoms with Crippen LogP contribution in [0.4, 0.5) is 13.6 Å². The summed E-state index contributed by atoms with van der Waals surface area (Å²) in [4.78, 5) is 37.8. The van der Waals surface area contributed by atoms with Gasteiger partial charge in [0.2, 0.25) is 0 Å². The van der Waals surface area contributed by atoms with Crippen molar-refractivity contribution in [3.63, 3.8) is 0 Å². The van der Waals surface area contributed by atoms with Gasteiger partial charge in [0.25, 0.3) is 5.91 Å². The number of amides is 2. The van der Waals surface area contributed by atoms with Crippen LogP contribution in [0.15, 0.2) is 48.8 Å². The molecule has 200 valence electrons. The number of aromatic nitrogens is 4. The molecule has 4 aromatic rings. The largest absolute Gasteiger partial charge is 0.465 e. The number of fused-ring (bicyclic) bond motifs is 9. The van der Waals surface area contributed by atoms with Gasteiger partial charge in [-0.05, 0) is 50.6 Å². The zero-order valence-corrected chi connectivity index (χ0v) is 21.2. The zero-order chi connectivity index (χ0) is 27.7. The fourth-order valence-corrected chi connectivity index (χ4v) is 5.61. The number of carbonyl (C=O) groups excluding carboxylic acids is 1. The molecule has 0 fully saturated rings. The number of halogens is 2. The van der Waals surface area contributed by atoms with E-state index in [1.165, 1.54) is 12.1 Å². The van der Waals surface area contributed by atoms with Crippen LogP contribution < -0.4 is 15.4 Å². The third-order valence-electron chi connectivity index (χ3n) is 7.31. The molecule has 2 aliphatic heterocycles. The molecule has 3 N–H and O–H groups in total. The van der Waals surface area contributed by atoms with Crippen LogP contribution in [0.3, 0.4) is 0 Å². The molecule has 0 saturated carbocycles. The number of rotatable bonds is 5. The van der Waals surface area contributed by atoms with Gasteiger partial charge >= 0.3 is 12.7 Å². The van der Waals surface area contributed by atoms with E-state index < -0.39 is 29.8 Å². The van der Waals surface area contributed by atoms with Crippen molar-refractivity contribution in [2.75, 3.05) is 0 Å². The topological polar surface area (TPSA) is 131 Å². The van der Waals surface area contributed by atoms with Gasteiger partial charge < -0.3 is 25.0 Å². The number of nitrogens with zero attached hydrogens (tertiary/aromatic N) is 4. The van der Waals surface area contributed by atoms with Crippen molar-refractivity contribution in [2.45, 2.75) is 50.9 Å². The van der Waals surface area contributed by atoms with E-state index in [2.05, 4.69) is 20.6 Å². The highest BCUT2D eigenvalue weighted by Crippen LogP contribution is 2.50. The van der Waals surface area contributed by atoms with Gasteiger partial charge in [0.05, 0.1) is 28.2 Å². The highest BCUT2D eigenvalue weighted by molar-refractivity contribution is 5.98. The molecule has 2 amide bonds. The first-order valence-electron chi connectivity index (χ1n) is 12.2. The Morgan fingerprint density at radius 1 is 1.23 bits per heavy atom. The molecule has 2 aromatic carbocycles. The van der Waals surface area contributed by atoms with Crippen LogP contribution in [0, 0.1) is 0 Å². The summed E-state index contributed by atoms with van der Waals surface area (Å²) < 4.78 is 33.5. The molecule has 2 aliphatic rings. The fourth-order valence-electron chi connectivity index (χ4n) is 5.61. The van der Waals surface area contributed by atoms with Crippen LogP contribution >= 0.6 is 0 Å². The van der Waals surface area contributed by atoms with Crippen molar-refractivity contribution in [1.82, 2.24) is 30.2 Å². The number of benzene rings is 2.